The van der Waals surface area contributed by atoms with Crippen molar-refractivity contribution in [2.45, 2.75) is 52.1 Å². The van der Waals surface area contributed by atoms with Gasteiger partial charge in [0.15, 0.2) is 0 Å². The molecule has 0 aromatic heterocycles. The lowest BCUT2D eigenvalue weighted by Gasteiger charge is -2.29. The Morgan fingerprint density at radius 3 is 2.53 bits per heavy atom. The van der Waals surface area contributed by atoms with Crippen molar-refractivity contribution in [2.24, 2.45) is 5.92 Å². The van der Waals surface area contributed by atoms with Crippen LogP contribution in [0.2, 0.25) is 0 Å². The highest BCUT2D eigenvalue weighted by Crippen LogP contribution is 2.30. The zero-order valence-electron chi connectivity index (χ0n) is 11.3. The van der Waals surface area contributed by atoms with E-state index in [1.807, 2.05) is 0 Å². The average Bonchev–Trinajstić information content (AvgIpc) is 3.05. The van der Waals surface area contributed by atoms with Gasteiger partial charge in [-0.3, -0.25) is 9.69 Å². The number of hydrogen-bond acceptors (Lipinski definition) is 3. The zero-order chi connectivity index (χ0) is 12.8. The molecule has 4 heteroatoms. The number of hydrogen-bond donors (Lipinski definition) is 2. The summed E-state index contributed by atoms with van der Waals surface area (Å²) in [7, 11) is 0. The molecule has 0 radical (unpaired) electrons. The maximum atomic E-state index is 11.2. The SMILES string of the molecule is CCCNC(CN(CC1CC1)C(C)C)C(=O)O. The van der Waals surface area contributed by atoms with E-state index in [-0.39, 0.29) is 0 Å². The lowest BCUT2D eigenvalue weighted by molar-refractivity contribution is -0.140. The van der Waals surface area contributed by atoms with Crippen molar-refractivity contribution in [2.75, 3.05) is 19.6 Å². The summed E-state index contributed by atoms with van der Waals surface area (Å²) in [5, 5.41) is 12.3. The summed E-state index contributed by atoms with van der Waals surface area (Å²) in [5.74, 6) is 0.0675. The largest absolute Gasteiger partial charge is 0.480 e. The van der Waals surface area contributed by atoms with Crippen molar-refractivity contribution >= 4 is 5.97 Å². The Morgan fingerprint density at radius 2 is 2.12 bits per heavy atom. The van der Waals surface area contributed by atoms with Gasteiger partial charge in [0, 0.05) is 19.1 Å². The van der Waals surface area contributed by atoms with E-state index in [1.54, 1.807) is 0 Å². The Hall–Kier alpha value is -0.610. The van der Waals surface area contributed by atoms with E-state index in [2.05, 4.69) is 31.0 Å². The molecule has 0 aliphatic heterocycles. The third-order valence-corrected chi connectivity index (χ3v) is 3.28. The fourth-order valence-electron chi connectivity index (χ4n) is 1.91. The van der Waals surface area contributed by atoms with Gasteiger partial charge >= 0.3 is 5.97 Å². The zero-order valence-corrected chi connectivity index (χ0v) is 11.3. The molecule has 1 aliphatic carbocycles. The number of rotatable bonds is 9. The molecule has 100 valence electrons. The van der Waals surface area contributed by atoms with Gasteiger partial charge in [0.1, 0.15) is 6.04 Å². The number of carboxylic acid groups (broad SMARTS) is 1. The maximum absolute atomic E-state index is 11.2. The molecule has 0 saturated heterocycles. The van der Waals surface area contributed by atoms with Crippen LogP contribution in [0.5, 0.6) is 0 Å². The van der Waals surface area contributed by atoms with E-state index in [0.29, 0.717) is 12.6 Å². The molecule has 0 aromatic carbocycles. The first-order valence-electron chi connectivity index (χ1n) is 6.74. The topological polar surface area (TPSA) is 52.6 Å². The molecular weight excluding hydrogens is 216 g/mol. The van der Waals surface area contributed by atoms with Crippen LogP contribution in [0.3, 0.4) is 0 Å². The molecule has 1 aliphatic rings. The second kappa shape index (κ2) is 6.97. The third kappa shape index (κ3) is 5.50. The first-order chi connectivity index (χ1) is 8.04. The second-order valence-electron chi connectivity index (χ2n) is 5.34. The molecule has 17 heavy (non-hydrogen) atoms. The number of aliphatic carboxylic acids is 1. The predicted octanol–water partition coefficient (Wildman–Crippen LogP) is 1.56. The first-order valence-corrected chi connectivity index (χ1v) is 6.74. The van der Waals surface area contributed by atoms with E-state index in [9.17, 15) is 9.90 Å². The Balaban J connectivity index is 2.44. The van der Waals surface area contributed by atoms with Gasteiger partial charge in [-0.2, -0.15) is 0 Å². The highest BCUT2D eigenvalue weighted by molar-refractivity contribution is 5.73. The summed E-state index contributed by atoms with van der Waals surface area (Å²) in [6.07, 6.45) is 3.58. The fraction of sp³-hybridized carbons (Fsp3) is 0.923. The number of nitrogens with zero attached hydrogens (tertiary/aromatic N) is 1. The summed E-state index contributed by atoms with van der Waals surface area (Å²) in [5.41, 5.74) is 0. The highest BCUT2D eigenvalue weighted by Gasteiger charge is 2.28. The van der Waals surface area contributed by atoms with Gasteiger partial charge in [-0.25, -0.2) is 0 Å². The summed E-state index contributed by atoms with van der Waals surface area (Å²) >= 11 is 0. The molecular formula is C13H26N2O2. The average molecular weight is 242 g/mol. The minimum Gasteiger partial charge on any atom is -0.480 e. The molecule has 1 atom stereocenters. The third-order valence-electron chi connectivity index (χ3n) is 3.28. The molecule has 2 N–H and O–H groups in total. The summed E-state index contributed by atoms with van der Waals surface area (Å²) in [6.45, 7) is 8.77. The van der Waals surface area contributed by atoms with E-state index in [4.69, 9.17) is 0 Å². The normalized spacial score (nSPS) is 17.7. The van der Waals surface area contributed by atoms with Crippen molar-refractivity contribution in [3.8, 4) is 0 Å². The predicted molar refractivity (Wildman–Crippen MR) is 69.2 cm³/mol. The molecule has 0 bridgehead atoms. The fourth-order valence-corrected chi connectivity index (χ4v) is 1.91. The molecule has 1 fully saturated rings. The number of carboxylic acids is 1. The van der Waals surface area contributed by atoms with Crippen LogP contribution in [0.25, 0.3) is 0 Å². The number of carbonyl (C=O) groups is 1. The molecule has 0 amide bonds. The molecule has 1 saturated carbocycles. The van der Waals surface area contributed by atoms with Crippen molar-refractivity contribution in [3.63, 3.8) is 0 Å². The molecule has 0 heterocycles. The van der Waals surface area contributed by atoms with Crippen molar-refractivity contribution < 1.29 is 9.90 Å². The van der Waals surface area contributed by atoms with Crippen LogP contribution in [0.4, 0.5) is 0 Å². The van der Waals surface area contributed by atoms with Gasteiger partial charge in [0.05, 0.1) is 0 Å². The highest BCUT2D eigenvalue weighted by atomic mass is 16.4. The van der Waals surface area contributed by atoms with Gasteiger partial charge < -0.3 is 10.4 Å². The van der Waals surface area contributed by atoms with Crippen LogP contribution < -0.4 is 5.32 Å². The van der Waals surface area contributed by atoms with Crippen LogP contribution in [0.1, 0.15) is 40.0 Å². The first kappa shape index (κ1) is 14.5. The number of nitrogens with one attached hydrogen (secondary N) is 1. The van der Waals surface area contributed by atoms with Crippen molar-refractivity contribution in [3.05, 3.63) is 0 Å². The Morgan fingerprint density at radius 1 is 1.47 bits per heavy atom. The summed E-state index contributed by atoms with van der Waals surface area (Å²) in [4.78, 5) is 13.5. The molecule has 0 aromatic rings. The minimum absolute atomic E-state index is 0.417. The van der Waals surface area contributed by atoms with Gasteiger partial charge in [0.2, 0.25) is 0 Å². The summed E-state index contributed by atoms with van der Waals surface area (Å²) in [6, 6.07) is -0.0167. The van der Waals surface area contributed by atoms with Gasteiger partial charge in [-0.15, -0.1) is 0 Å². The Labute approximate surface area is 104 Å². The van der Waals surface area contributed by atoms with Crippen LogP contribution >= 0.6 is 0 Å². The van der Waals surface area contributed by atoms with E-state index in [1.165, 1.54) is 12.8 Å². The van der Waals surface area contributed by atoms with Crippen LogP contribution in [-0.4, -0.2) is 47.7 Å². The quantitative estimate of drug-likeness (QED) is 0.644. The minimum atomic E-state index is -0.736. The van der Waals surface area contributed by atoms with Gasteiger partial charge in [0.25, 0.3) is 0 Å². The lowest BCUT2D eigenvalue weighted by atomic mass is 10.2. The lowest BCUT2D eigenvalue weighted by Crippen LogP contribution is -2.48. The Bertz CT molecular complexity index is 240. The van der Waals surface area contributed by atoms with E-state index in [0.717, 1.165) is 25.4 Å². The second-order valence-corrected chi connectivity index (χ2v) is 5.34. The van der Waals surface area contributed by atoms with Crippen LogP contribution in [0.15, 0.2) is 0 Å². The smallest absolute Gasteiger partial charge is 0.322 e. The van der Waals surface area contributed by atoms with Crippen LogP contribution in [-0.2, 0) is 4.79 Å². The van der Waals surface area contributed by atoms with Gasteiger partial charge in [-0.05, 0) is 45.6 Å². The van der Waals surface area contributed by atoms with E-state index < -0.39 is 12.0 Å². The van der Waals surface area contributed by atoms with Crippen molar-refractivity contribution in [1.29, 1.82) is 0 Å². The standard InChI is InChI=1S/C13H26N2O2/c1-4-7-14-12(13(16)17)9-15(10(2)3)8-11-5-6-11/h10-12,14H,4-9H2,1-3H3,(H,16,17). The van der Waals surface area contributed by atoms with Gasteiger partial charge in [-0.1, -0.05) is 6.92 Å². The molecule has 4 nitrogen and oxygen atoms in total. The monoisotopic (exact) mass is 242 g/mol. The van der Waals surface area contributed by atoms with E-state index >= 15 is 0 Å². The van der Waals surface area contributed by atoms with Crippen molar-refractivity contribution in [1.82, 2.24) is 10.2 Å². The van der Waals surface area contributed by atoms with Crippen LogP contribution in [0, 0.1) is 5.92 Å². The summed E-state index contributed by atoms with van der Waals surface area (Å²) < 4.78 is 0. The molecule has 1 unspecified atom stereocenters. The Kier molecular flexibility index (Phi) is 5.92. The molecule has 1 rings (SSSR count). The molecule has 0 spiro atoms. The maximum Gasteiger partial charge on any atom is 0.322 e.